The highest BCUT2D eigenvalue weighted by Crippen LogP contribution is 2.31. The third kappa shape index (κ3) is 3.99. The van der Waals surface area contributed by atoms with Crippen molar-refractivity contribution in [1.29, 1.82) is 0 Å². The predicted molar refractivity (Wildman–Crippen MR) is 102 cm³/mol. The van der Waals surface area contributed by atoms with Crippen molar-refractivity contribution >= 4 is 5.91 Å². The molecule has 5 heteroatoms. The Bertz CT molecular complexity index is 750. The molecule has 5 nitrogen and oxygen atoms in total. The van der Waals surface area contributed by atoms with Crippen LogP contribution in [0.25, 0.3) is 0 Å². The molecule has 1 fully saturated rings. The van der Waals surface area contributed by atoms with Crippen molar-refractivity contribution in [1.82, 2.24) is 9.80 Å². The van der Waals surface area contributed by atoms with Crippen molar-refractivity contribution in [2.24, 2.45) is 0 Å². The standard InChI is InChI=1S/C21H26N2O3/c1-16-7-9-17(10-8-16)15-22-11-13-23(14-12-22)21(24)18-5-4-6-19(25-2)20(18)26-3/h4-10H,11-15H2,1-3H3. The lowest BCUT2D eigenvalue weighted by Gasteiger charge is -2.35. The van der Waals surface area contributed by atoms with Crippen molar-refractivity contribution in [3.05, 3.63) is 59.2 Å². The molecule has 0 bridgehead atoms. The number of ether oxygens (including phenoxy) is 2. The third-order valence-corrected chi connectivity index (χ3v) is 4.82. The summed E-state index contributed by atoms with van der Waals surface area (Å²) in [6.07, 6.45) is 0. The number of benzene rings is 2. The first kappa shape index (κ1) is 18.3. The fourth-order valence-electron chi connectivity index (χ4n) is 3.29. The lowest BCUT2D eigenvalue weighted by Crippen LogP contribution is -2.48. The molecule has 0 unspecified atom stereocenters. The van der Waals surface area contributed by atoms with Crippen LogP contribution in [0, 0.1) is 6.92 Å². The van der Waals surface area contributed by atoms with Crippen LogP contribution in [0.3, 0.4) is 0 Å². The van der Waals surface area contributed by atoms with Crippen molar-refractivity contribution in [2.45, 2.75) is 13.5 Å². The average Bonchev–Trinajstić information content (AvgIpc) is 2.69. The van der Waals surface area contributed by atoms with Crippen LogP contribution in [0.15, 0.2) is 42.5 Å². The molecule has 3 rings (SSSR count). The van der Waals surface area contributed by atoms with Crippen LogP contribution >= 0.6 is 0 Å². The number of rotatable bonds is 5. The van der Waals surface area contributed by atoms with Gasteiger partial charge < -0.3 is 14.4 Å². The number of carbonyl (C=O) groups is 1. The Morgan fingerprint density at radius 1 is 0.962 bits per heavy atom. The second-order valence-electron chi connectivity index (χ2n) is 6.60. The SMILES string of the molecule is COc1cccc(C(=O)N2CCN(Cc3ccc(C)cc3)CC2)c1OC. The summed E-state index contributed by atoms with van der Waals surface area (Å²) in [4.78, 5) is 17.2. The van der Waals surface area contributed by atoms with E-state index in [-0.39, 0.29) is 5.91 Å². The number of amides is 1. The molecule has 0 spiro atoms. The van der Waals surface area contributed by atoms with Gasteiger partial charge in [0.25, 0.3) is 5.91 Å². The van der Waals surface area contributed by atoms with E-state index in [0.717, 1.165) is 19.6 Å². The van der Waals surface area contributed by atoms with E-state index in [1.807, 2.05) is 11.0 Å². The molecule has 0 saturated carbocycles. The first-order chi connectivity index (χ1) is 12.6. The van der Waals surface area contributed by atoms with E-state index in [1.54, 1.807) is 26.4 Å². The summed E-state index contributed by atoms with van der Waals surface area (Å²) in [7, 11) is 3.14. The van der Waals surface area contributed by atoms with Gasteiger partial charge in [-0.1, -0.05) is 35.9 Å². The number of hydrogen-bond acceptors (Lipinski definition) is 4. The average molecular weight is 354 g/mol. The van der Waals surface area contributed by atoms with E-state index in [1.165, 1.54) is 11.1 Å². The Balaban J connectivity index is 1.63. The van der Waals surface area contributed by atoms with Gasteiger partial charge >= 0.3 is 0 Å². The molecule has 138 valence electrons. The van der Waals surface area contributed by atoms with Crippen molar-refractivity contribution in [3.63, 3.8) is 0 Å². The van der Waals surface area contributed by atoms with Crippen molar-refractivity contribution in [3.8, 4) is 11.5 Å². The Morgan fingerprint density at radius 3 is 2.27 bits per heavy atom. The van der Waals surface area contributed by atoms with E-state index in [9.17, 15) is 4.79 Å². The van der Waals surface area contributed by atoms with Gasteiger partial charge in [0.05, 0.1) is 19.8 Å². The summed E-state index contributed by atoms with van der Waals surface area (Å²) >= 11 is 0. The molecule has 0 aliphatic carbocycles. The van der Waals surface area contributed by atoms with E-state index in [0.29, 0.717) is 30.2 Å². The molecule has 0 aromatic heterocycles. The Hall–Kier alpha value is -2.53. The van der Waals surface area contributed by atoms with Crippen LogP contribution in [0.2, 0.25) is 0 Å². The van der Waals surface area contributed by atoms with Crippen LogP contribution in [0.1, 0.15) is 21.5 Å². The van der Waals surface area contributed by atoms with Crippen LogP contribution in [-0.2, 0) is 6.54 Å². The molecule has 1 amide bonds. The molecule has 0 N–H and O–H groups in total. The molecule has 0 atom stereocenters. The molecule has 26 heavy (non-hydrogen) atoms. The fourth-order valence-corrected chi connectivity index (χ4v) is 3.29. The van der Waals surface area contributed by atoms with E-state index in [4.69, 9.17) is 9.47 Å². The zero-order valence-corrected chi connectivity index (χ0v) is 15.7. The highest BCUT2D eigenvalue weighted by molar-refractivity contribution is 5.97. The van der Waals surface area contributed by atoms with Crippen LogP contribution < -0.4 is 9.47 Å². The Labute approximate surface area is 155 Å². The minimum absolute atomic E-state index is 0.00395. The molecular weight excluding hydrogens is 328 g/mol. The normalized spacial score (nSPS) is 15.0. The Morgan fingerprint density at radius 2 is 1.65 bits per heavy atom. The molecule has 1 saturated heterocycles. The molecule has 0 radical (unpaired) electrons. The monoisotopic (exact) mass is 354 g/mol. The highest BCUT2D eigenvalue weighted by atomic mass is 16.5. The van der Waals surface area contributed by atoms with Gasteiger partial charge in [-0.05, 0) is 24.6 Å². The van der Waals surface area contributed by atoms with Crippen molar-refractivity contribution < 1.29 is 14.3 Å². The Kier molecular flexibility index (Phi) is 5.78. The van der Waals surface area contributed by atoms with E-state index in [2.05, 4.69) is 36.1 Å². The topological polar surface area (TPSA) is 42.0 Å². The quantitative estimate of drug-likeness (QED) is 0.828. The third-order valence-electron chi connectivity index (χ3n) is 4.82. The number of carbonyl (C=O) groups excluding carboxylic acids is 1. The van der Waals surface area contributed by atoms with Gasteiger partial charge in [-0.15, -0.1) is 0 Å². The van der Waals surface area contributed by atoms with Gasteiger partial charge in [0.1, 0.15) is 0 Å². The van der Waals surface area contributed by atoms with Crippen molar-refractivity contribution in [2.75, 3.05) is 40.4 Å². The highest BCUT2D eigenvalue weighted by Gasteiger charge is 2.25. The lowest BCUT2D eigenvalue weighted by atomic mass is 10.1. The van der Waals surface area contributed by atoms with Crippen LogP contribution in [0.5, 0.6) is 11.5 Å². The summed E-state index contributed by atoms with van der Waals surface area (Å²) < 4.78 is 10.7. The van der Waals surface area contributed by atoms with Gasteiger partial charge in [0.2, 0.25) is 0 Å². The van der Waals surface area contributed by atoms with Gasteiger partial charge in [-0.25, -0.2) is 0 Å². The van der Waals surface area contributed by atoms with E-state index < -0.39 is 0 Å². The summed E-state index contributed by atoms with van der Waals surface area (Å²) in [5.41, 5.74) is 3.14. The minimum atomic E-state index is -0.00395. The maximum Gasteiger partial charge on any atom is 0.257 e. The van der Waals surface area contributed by atoms with E-state index >= 15 is 0 Å². The summed E-state index contributed by atoms with van der Waals surface area (Å²) in [5.74, 6) is 1.08. The smallest absolute Gasteiger partial charge is 0.257 e. The molecule has 2 aromatic carbocycles. The largest absolute Gasteiger partial charge is 0.493 e. The summed E-state index contributed by atoms with van der Waals surface area (Å²) in [5, 5.41) is 0. The summed E-state index contributed by atoms with van der Waals surface area (Å²) in [6.45, 7) is 6.18. The molecule has 1 aliphatic rings. The maximum atomic E-state index is 12.9. The fraction of sp³-hybridized carbons (Fsp3) is 0.381. The molecule has 1 heterocycles. The van der Waals surface area contributed by atoms with Gasteiger partial charge in [-0.3, -0.25) is 9.69 Å². The number of para-hydroxylation sites is 1. The number of aryl methyl sites for hydroxylation is 1. The zero-order valence-electron chi connectivity index (χ0n) is 15.7. The van der Waals surface area contributed by atoms with Crippen LogP contribution in [-0.4, -0.2) is 56.1 Å². The number of piperazine rings is 1. The zero-order chi connectivity index (χ0) is 18.5. The van der Waals surface area contributed by atoms with Gasteiger partial charge in [0.15, 0.2) is 11.5 Å². The number of hydrogen-bond donors (Lipinski definition) is 0. The number of nitrogens with zero attached hydrogens (tertiary/aromatic N) is 2. The second-order valence-corrected chi connectivity index (χ2v) is 6.60. The predicted octanol–water partition coefficient (Wildman–Crippen LogP) is 2.97. The molecular formula is C21H26N2O3. The van der Waals surface area contributed by atoms with Gasteiger partial charge in [-0.2, -0.15) is 0 Å². The maximum absolute atomic E-state index is 12.9. The summed E-state index contributed by atoms with van der Waals surface area (Å²) in [6, 6.07) is 14.1. The first-order valence-electron chi connectivity index (χ1n) is 8.90. The molecule has 2 aromatic rings. The van der Waals surface area contributed by atoms with Gasteiger partial charge in [0, 0.05) is 32.7 Å². The molecule has 1 aliphatic heterocycles. The second kappa shape index (κ2) is 8.23. The number of methoxy groups -OCH3 is 2. The van der Waals surface area contributed by atoms with Crippen LogP contribution in [0.4, 0.5) is 0 Å². The minimum Gasteiger partial charge on any atom is -0.493 e. The first-order valence-corrected chi connectivity index (χ1v) is 8.90. The lowest BCUT2D eigenvalue weighted by molar-refractivity contribution is 0.0624.